The van der Waals surface area contributed by atoms with Gasteiger partial charge < -0.3 is 14.9 Å². The standard InChI is InChI=1S/C16H23N3O3/c1-5-16(6-2,9-20)8-17-14(21)12-7-10(3)18-15-13(12)11(4)19-22-15/h7,20H,5-6,8-9H2,1-4H3,(H,17,21). The number of hydrogen-bond donors (Lipinski definition) is 2. The summed E-state index contributed by atoms with van der Waals surface area (Å²) in [6.07, 6.45) is 1.61. The average molecular weight is 305 g/mol. The monoisotopic (exact) mass is 305 g/mol. The minimum Gasteiger partial charge on any atom is -0.396 e. The Hall–Kier alpha value is -1.95. The number of aryl methyl sites for hydroxylation is 2. The molecule has 0 aliphatic heterocycles. The molecule has 2 aromatic rings. The highest BCUT2D eigenvalue weighted by Crippen LogP contribution is 2.25. The van der Waals surface area contributed by atoms with Gasteiger partial charge in [0.05, 0.1) is 23.3 Å². The summed E-state index contributed by atoms with van der Waals surface area (Å²) < 4.78 is 5.15. The Labute approximate surface area is 129 Å². The van der Waals surface area contributed by atoms with Crippen LogP contribution in [0.5, 0.6) is 0 Å². The van der Waals surface area contributed by atoms with Crippen LogP contribution in [0.25, 0.3) is 11.1 Å². The fourth-order valence-corrected chi connectivity index (χ4v) is 2.54. The van der Waals surface area contributed by atoms with Crippen LogP contribution in [-0.4, -0.2) is 34.3 Å². The fourth-order valence-electron chi connectivity index (χ4n) is 2.54. The van der Waals surface area contributed by atoms with Crippen molar-refractivity contribution in [3.05, 3.63) is 23.0 Å². The molecule has 0 aliphatic rings. The van der Waals surface area contributed by atoms with Gasteiger partial charge in [-0.2, -0.15) is 0 Å². The number of aliphatic hydroxyl groups is 1. The smallest absolute Gasteiger partial charge is 0.258 e. The molecule has 0 spiro atoms. The minimum absolute atomic E-state index is 0.0529. The zero-order valence-electron chi connectivity index (χ0n) is 13.6. The average Bonchev–Trinajstić information content (AvgIpc) is 2.89. The lowest BCUT2D eigenvalue weighted by molar-refractivity contribution is 0.0852. The SMILES string of the molecule is CCC(CC)(CO)CNC(=O)c1cc(C)nc2onc(C)c12. The summed E-state index contributed by atoms with van der Waals surface area (Å²) in [5.41, 5.74) is 1.96. The van der Waals surface area contributed by atoms with E-state index in [0.29, 0.717) is 34.6 Å². The molecule has 6 heteroatoms. The van der Waals surface area contributed by atoms with Gasteiger partial charge in [0.2, 0.25) is 0 Å². The van der Waals surface area contributed by atoms with Crippen molar-refractivity contribution >= 4 is 17.0 Å². The molecule has 2 heterocycles. The quantitative estimate of drug-likeness (QED) is 0.855. The Morgan fingerprint density at radius 1 is 1.36 bits per heavy atom. The molecule has 0 saturated heterocycles. The number of rotatable bonds is 6. The first-order valence-corrected chi connectivity index (χ1v) is 7.59. The van der Waals surface area contributed by atoms with Crippen LogP contribution in [0.2, 0.25) is 0 Å². The van der Waals surface area contributed by atoms with Gasteiger partial charge in [-0.05, 0) is 32.8 Å². The Balaban J connectivity index is 2.28. The van der Waals surface area contributed by atoms with Crippen molar-refractivity contribution in [2.24, 2.45) is 5.41 Å². The van der Waals surface area contributed by atoms with E-state index in [-0.39, 0.29) is 17.9 Å². The molecule has 0 unspecified atom stereocenters. The van der Waals surface area contributed by atoms with E-state index < -0.39 is 0 Å². The Morgan fingerprint density at radius 3 is 2.64 bits per heavy atom. The molecule has 2 rings (SSSR count). The third kappa shape index (κ3) is 2.97. The normalized spacial score (nSPS) is 11.9. The molecule has 1 amide bonds. The molecule has 2 N–H and O–H groups in total. The molecule has 0 radical (unpaired) electrons. The molecule has 0 aliphatic carbocycles. The number of fused-ring (bicyclic) bond motifs is 1. The van der Waals surface area contributed by atoms with Gasteiger partial charge in [0, 0.05) is 17.7 Å². The molecule has 0 fully saturated rings. The molecular formula is C16H23N3O3. The highest BCUT2D eigenvalue weighted by molar-refractivity contribution is 6.06. The molecular weight excluding hydrogens is 282 g/mol. The van der Waals surface area contributed by atoms with E-state index in [1.807, 2.05) is 20.8 Å². The van der Waals surface area contributed by atoms with Crippen LogP contribution in [0.1, 0.15) is 48.4 Å². The molecule has 0 bridgehead atoms. The summed E-state index contributed by atoms with van der Waals surface area (Å²) in [6.45, 7) is 8.12. The maximum atomic E-state index is 12.6. The van der Waals surface area contributed by atoms with Gasteiger partial charge in [0.1, 0.15) is 0 Å². The van der Waals surface area contributed by atoms with Crippen LogP contribution >= 0.6 is 0 Å². The zero-order chi connectivity index (χ0) is 16.3. The van der Waals surface area contributed by atoms with Gasteiger partial charge in [-0.25, -0.2) is 4.98 Å². The number of amides is 1. The van der Waals surface area contributed by atoms with Crippen LogP contribution in [0, 0.1) is 19.3 Å². The van der Waals surface area contributed by atoms with E-state index >= 15 is 0 Å². The van der Waals surface area contributed by atoms with E-state index in [9.17, 15) is 9.90 Å². The van der Waals surface area contributed by atoms with Gasteiger partial charge in [-0.3, -0.25) is 4.79 Å². The Kier molecular flexibility index (Phi) is 4.81. The van der Waals surface area contributed by atoms with Crippen molar-refractivity contribution in [2.75, 3.05) is 13.2 Å². The van der Waals surface area contributed by atoms with Crippen LogP contribution in [0.3, 0.4) is 0 Å². The summed E-state index contributed by atoms with van der Waals surface area (Å²) >= 11 is 0. The molecule has 6 nitrogen and oxygen atoms in total. The Morgan fingerprint density at radius 2 is 2.05 bits per heavy atom. The molecule has 2 aromatic heterocycles. The summed E-state index contributed by atoms with van der Waals surface area (Å²) in [7, 11) is 0. The summed E-state index contributed by atoms with van der Waals surface area (Å²) in [5.74, 6) is -0.193. The maximum absolute atomic E-state index is 12.6. The Bertz CT molecular complexity index is 666. The number of aliphatic hydroxyl groups excluding tert-OH is 1. The lowest BCUT2D eigenvalue weighted by Gasteiger charge is -2.29. The molecule has 0 aromatic carbocycles. The first-order valence-electron chi connectivity index (χ1n) is 7.59. The van der Waals surface area contributed by atoms with Gasteiger partial charge in [0.15, 0.2) is 0 Å². The van der Waals surface area contributed by atoms with E-state index in [1.165, 1.54) is 0 Å². The fraction of sp³-hybridized carbons (Fsp3) is 0.562. The van der Waals surface area contributed by atoms with Crippen LogP contribution in [0.4, 0.5) is 0 Å². The van der Waals surface area contributed by atoms with Crippen LogP contribution < -0.4 is 5.32 Å². The lowest BCUT2D eigenvalue weighted by atomic mass is 9.83. The number of pyridine rings is 1. The second-order valence-corrected chi connectivity index (χ2v) is 5.81. The van der Waals surface area contributed by atoms with Crippen molar-refractivity contribution in [3.63, 3.8) is 0 Å². The largest absolute Gasteiger partial charge is 0.396 e. The third-order valence-electron chi connectivity index (χ3n) is 4.45. The molecule has 120 valence electrons. The summed E-state index contributed by atoms with van der Waals surface area (Å²) in [5, 5.41) is 17.1. The van der Waals surface area contributed by atoms with Crippen molar-refractivity contribution < 1.29 is 14.4 Å². The topological polar surface area (TPSA) is 88.2 Å². The van der Waals surface area contributed by atoms with E-state index in [1.54, 1.807) is 13.0 Å². The lowest BCUT2D eigenvalue weighted by Crippen LogP contribution is -2.39. The zero-order valence-corrected chi connectivity index (χ0v) is 13.6. The number of nitrogens with zero attached hydrogens (tertiary/aromatic N) is 2. The first kappa shape index (κ1) is 16.4. The van der Waals surface area contributed by atoms with Crippen LogP contribution in [-0.2, 0) is 0 Å². The predicted octanol–water partition coefficient (Wildman–Crippen LogP) is 2.37. The van der Waals surface area contributed by atoms with Gasteiger partial charge >= 0.3 is 0 Å². The van der Waals surface area contributed by atoms with Gasteiger partial charge in [-0.1, -0.05) is 19.0 Å². The van der Waals surface area contributed by atoms with Crippen molar-refractivity contribution in [1.82, 2.24) is 15.5 Å². The first-order chi connectivity index (χ1) is 10.5. The second-order valence-electron chi connectivity index (χ2n) is 5.81. The van der Waals surface area contributed by atoms with Crippen molar-refractivity contribution in [2.45, 2.75) is 40.5 Å². The highest BCUT2D eigenvalue weighted by atomic mass is 16.5. The number of carbonyl (C=O) groups excluding carboxylic acids is 1. The molecule has 0 atom stereocenters. The summed E-state index contributed by atoms with van der Waals surface area (Å²) in [6, 6.07) is 1.74. The van der Waals surface area contributed by atoms with Crippen LogP contribution in [0.15, 0.2) is 10.6 Å². The number of nitrogens with one attached hydrogen (secondary N) is 1. The molecule has 0 saturated carbocycles. The predicted molar refractivity (Wildman–Crippen MR) is 83.7 cm³/mol. The van der Waals surface area contributed by atoms with Crippen molar-refractivity contribution in [3.8, 4) is 0 Å². The number of carbonyl (C=O) groups is 1. The molecule has 22 heavy (non-hydrogen) atoms. The highest BCUT2D eigenvalue weighted by Gasteiger charge is 2.27. The third-order valence-corrected chi connectivity index (χ3v) is 4.45. The van der Waals surface area contributed by atoms with Gasteiger partial charge in [-0.15, -0.1) is 0 Å². The maximum Gasteiger partial charge on any atom is 0.258 e. The second kappa shape index (κ2) is 6.44. The van der Waals surface area contributed by atoms with Crippen molar-refractivity contribution in [1.29, 1.82) is 0 Å². The van der Waals surface area contributed by atoms with E-state index in [0.717, 1.165) is 12.8 Å². The number of aromatic nitrogens is 2. The van der Waals surface area contributed by atoms with E-state index in [4.69, 9.17) is 4.52 Å². The number of hydrogen-bond acceptors (Lipinski definition) is 5. The summed E-state index contributed by atoms with van der Waals surface area (Å²) in [4.78, 5) is 16.8. The minimum atomic E-state index is -0.277. The van der Waals surface area contributed by atoms with Gasteiger partial charge in [0.25, 0.3) is 11.6 Å². The van der Waals surface area contributed by atoms with E-state index in [2.05, 4.69) is 15.5 Å².